The Morgan fingerprint density at radius 3 is 2.17 bits per heavy atom. The third kappa shape index (κ3) is 5.63. The first-order valence-electron chi connectivity index (χ1n) is 8.70. The fourth-order valence-electron chi connectivity index (χ4n) is 2.65. The van der Waals surface area contributed by atoms with Crippen molar-refractivity contribution in [2.45, 2.75) is 17.5 Å². The minimum Gasteiger partial charge on any atom is -0.350 e. The van der Waals surface area contributed by atoms with Crippen LogP contribution in [-0.2, 0) is 21.4 Å². The van der Waals surface area contributed by atoms with E-state index in [-0.39, 0.29) is 11.4 Å². The average Bonchev–Trinajstić information content (AvgIpc) is 2.72. The molecule has 0 saturated heterocycles. The van der Waals surface area contributed by atoms with Gasteiger partial charge >= 0.3 is 0 Å². The van der Waals surface area contributed by atoms with Crippen molar-refractivity contribution in [2.24, 2.45) is 0 Å². The molecule has 0 spiro atoms. The van der Waals surface area contributed by atoms with Crippen LogP contribution in [0.1, 0.15) is 17.2 Å². The fraction of sp³-hybridized carbons (Fsp3) is 0.0952. The normalized spacial score (nSPS) is 12.3. The van der Waals surface area contributed by atoms with Gasteiger partial charge in [0, 0.05) is 11.6 Å². The summed E-state index contributed by atoms with van der Waals surface area (Å²) in [5.74, 6) is -1.07. The molecular formula is C21H18ClFN2O3S. The topological polar surface area (TPSA) is 75.3 Å². The lowest BCUT2D eigenvalue weighted by Gasteiger charge is -2.19. The fourth-order valence-corrected chi connectivity index (χ4v) is 3.96. The number of hydrogen-bond donors (Lipinski definition) is 2. The molecule has 0 aliphatic rings. The number of sulfonamides is 1. The van der Waals surface area contributed by atoms with E-state index in [4.69, 9.17) is 11.6 Å². The first-order chi connectivity index (χ1) is 13.8. The molecule has 0 aliphatic carbocycles. The van der Waals surface area contributed by atoms with Gasteiger partial charge in [-0.15, -0.1) is 0 Å². The maximum atomic E-state index is 13.1. The molecule has 0 heterocycles. The van der Waals surface area contributed by atoms with Crippen molar-refractivity contribution in [1.29, 1.82) is 0 Å². The summed E-state index contributed by atoms with van der Waals surface area (Å²) < 4.78 is 41.0. The van der Waals surface area contributed by atoms with Crippen LogP contribution in [0, 0.1) is 5.82 Å². The Kier molecular flexibility index (Phi) is 6.64. The number of amides is 1. The Labute approximate surface area is 173 Å². The number of benzene rings is 3. The van der Waals surface area contributed by atoms with Crippen molar-refractivity contribution < 1.29 is 17.6 Å². The summed E-state index contributed by atoms with van der Waals surface area (Å²) in [6.45, 7) is 0.206. The first-order valence-corrected chi connectivity index (χ1v) is 10.6. The van der Waals surface area contributed by atoms with Crippen molar-refractivity contribution in [3.8, 4) is 0 Å². The van der Waals surface area contributed by atoms with Crippen LogP contribution in [0.25, 0.3) is 0 Å². The number of rotatable bonds is 7. The van der Waals surface area contributed by atoms with Crippen LogP contribution >= 0.6 is 11.6 Å². The molecule has 2 N–H and O–H groups in total. The van der Waals surface area contributed by atoms with Gasteiger partial charge in [-0.2, -0.15) is 4.72 Å². The summed E-state index contributed by atoms with van der Waals surface area (Å²) in [5.41, 5.74) is 1.29. The zero-order chi connectivity index (χ0) is 20.9. The van der Waals surface area contributed by atoms with Gasteiger partial charge in [-0.05, 0) is 47.5 Å². The van der Waals surface area contributed by atoms with Gasteiger partial charge in [-0.25, -0.2) is 12.8 Å². The number of nitrogens with one attached hydrogen (secondary N) is 2. The predicted octanol–water partition coefficient (Wildman–Crippen LogP) is 3.82. The van der Waals surface area contributed by atoms with Crippen LogP contribution < -0.4 is 10.0 Å². The zero-order valence-corrected chi connectivity index (χ0v) is 16.8. The Balaban J connectivity index is 1.81. The molecule has 3 aromatic rings. The molecule has 0 saturated carbocycles. The second-order valence-corrected chi connectivity index (χ2v) is 8.41. The highest BCUT2D eigenvalue weighted by molar-refractivity contribution is 7.89. The van der Waals surface area contributed by atoms with Gasteiger partial charge < -0.3 is 5.32 Å². The number of halogens is 2. The van der Waals surface area contributed by atoms with Crippen molar-refractivity contribution in [3.05, 3.63) is 101 Å². The van der Waals surface area contributed by atoms with Crippen LogP contribution in [0.15, 0.2) is 83.8 Å². The lowest BCUT2D eigenvalue weighted by Crippen LogP contribution is -2.40. The van der Waals surface area contributed by atoms with E-state index in [2.05, 4.69) is 10.0 Å². The van der Waals surface area contributed by atoms with Gasteiger partial charge in [-0.1, -0.05) is 54.1 Å². The van der Waals surface area contributed by atoms with Crippen molar-refractivity contribution >= 4 is 27.5 Å². The highest BCUT2D eigenvalue weighted by Crippen LogP contribution is 2.18. The van der Waals surface area contributed by atoms with E-state index in [0.717, 1.165) is 29.8 Å². The molecule has 0 aromatic heterocycles. The summed E-state index contributed by atoms with van der Waals surface area (Å²) >= 11 is 5.86. The van der Waals surface area contributed by atoms with Gasteiger partial charge in [0.2, 0.25) is 15.9 Å². The number of carbonyl (C=O) groups is 1. The molecule has 3 rings (SSSR count). The van der Waals surface area contributed by atoms with Gasteiger partial charge in [-0.3, -0.25) is 4.79 Å². The molecular weight excluding hydrogens is 415 g/mol. The molecule has 5 nitrogen and oxygen atoms in total. The SMILES string of the molecule is O=C(NCc1ccc(Cl)cc1)C(NS(=O)(=O)c1ccc(F)cc1)c1ccccc1. The minimum atomic E-state index is -4.05. The van der Waals surface area contributed by atoms with E-state index >= 15 is 0 Å². The van der Waals surface area contributed by atoms with Gasteiger partial charge in [0.1, 0.15) is 11.9 Å². The molecule has 0 bridgehead atoms. The van der Waals surface area contributed by atoms with Gasteiger partial charge in [0.25, 0.3) is 0 Å². The average molecular weight is 433 g/mol. The maximum absolute atomic E-state index is 13.1. The third-order valence-electron chi connectivity index (χ3n) is 4.17. The summed E-state index contributed by atoms with van der Waals surface area (Å²) in [6.07, 6.45) is 0. The molecule has 0 fully saturated rings. The molecule has 1 amide bonds. The molecule has 0 aliphatic heterocycles. The smallest absolute Gasteiger partial charge is 0.243 e. The third-order valence-corrected chi connectivity index (χ3v) is 5.86. The summed E-state index contributed by atoms with van der Waals surface area (Å²) in [5, 5.41) is 3.31. The van der Waals surface area contributed by atoms with Crippen LogP contribution in [0.3, 0.4) is 0 Å². The molecule has 1 atom stereocenters. The van der Waals surface area contributed by atoms with E-state index in [0.29, 0.717) is 10.6 Å². The Morgan fingerprint density at radius 2 is 1.55 bits per heavy atom. The first kappa shape index (κ1) is 21.0. The number of carbonyl (C=O) groups excluding carboxylic acids is 1. The summed E-state index contributed by atoms with van der Waals surface area (Å²) in [6, 6.07) is 18.7. The quantitative estimate of drug-likeness (QED) is 0.596. The zero-order valence-electron chi connectivity index (χ0n) is 15.2. The van der Waals surface area contributed by atoms with E-state index in [9.17, 15) is 17.6 Å². The van der Waals surface area contributed by atoms with E-state index in [1.165, 1.54) is 0 Å². The van der Waals surface area contributed by atoms with Gasteiger partial charge in [0.05, 0.1) is 4.90 Å². The highest BCUT2D eigenvalue weighted by atomic mass is 35.5. The Hall–Kier alpha value is -2.74. The summed E-state index contributed by atoms with van der Waals surface area (Å²) in [7, 11) is -4.05. The minimum absolute atomic E-state index is 0.134. The van der Waals surface area contributed by atoms with Crippen LogP contribution in [0.5, 0.6) is 0 Å². The molecule has 8 heteroatoms. The monoisotopic (exact) mass is 432 g/mol. The molecule has 3 aromatic carbocycles. The van der Waals surface area contributed by atoms with Crippen molar-refractivity contribution in [1.82, 2.24) is 10.0 Å². The Bertz CT molecular complexity index is 1070. The standard InChI is InChI=1S/C21H18ClFN2O3S/c22-17-8-6-15(7-9-17)14-24-21(26)20(16-4-2-1-3-5-16)25-29(27,28)19-12-10-18(23)11-13-19/h1-13,20,25H,14H2,(H,24,26). The molecule has 29 heavy (non-hydrogen) atoms. The predicted molar refractivity (Wildman–Crippen MR) is 109 cm³/mol. The van der Waals surface area contributed by atoms with Gasteiger partial charge in [0.15, 0.2) is 0 Å². The van der Waals surface area contributed by atoms with Crippen molar-refractivity contribution in [3.63, 3.8) is 0 Å². The van der Waals surface area contributed by atoms with E-state index in [1.807, 2.05) is 0 Å². The largest absolute Gasteiger partial charge is 0.350 e. The number of hydrogen-bond acceptors (Lipinski definition) is 3. The highest BCUT2D eigenvalue weighted by Gasteiger charge is 2.27. The van der Waals surface area contributed by atoms with E-state index in [1.54, 1.807) is 54.6 Å². The second kappa shape index (κ2) is 9.17. The Morgan fingerprint density at radius 1 is 0.931 bits per heavy atom. The van der Waals surface area contributed by atoms with Crippen LogP contribution in [-0.4, -0.2) is 14.3 Å². The maximum Gasteiger partial charge on any atom is 0.243 e. The lowest BCUT2D eigenvalue weighted by molar-refractivity contribution is -0.123. The van der Waals surface area contributed by atoms with Crippen molar-refractivity contribution in [2.75, 3.05) is 0 Å². The molecule has 150 valence electrons. The van der Waals surface area contributed by atoms with Crippen LogP contribution in [0.2, 0.25) is 5.02 Å². The van der Waals surface area contributed by atoms with E-state index < -0.39 is 27.8 Å². The van der Waals surface area contributed by atoms with Crippen LogP contribution in [0.4, 0.5) is 4.39 Å². The molecule has 1 unspecified atom stereocenters. The second-order valence-electron chi connectivity index (χ2n) is 6.26. The summed E-state index contributed by atoms with van der Waals surface area (Å²) in [4.78, 5) is 12.7. The molecule has 0 radical (unpaired) electrons. The lowest BCUT2D eigenvalue weighted by atomic mass is 10.1.